The number of benzene rings is 1. The number of nitrogen functional groups attached to an aromatic ring is 1. The summed E-state index contributed by atoms with van der Waals surface area (Å²) in [6, 6.07) is 8.73. The third-order valence-electron chi connectivity index (χ3n) is 2.39. The van der Waals surface area contributed by atoms with Crippen molar-refractivity contribution in [3.63, 3.8) is 0 Å². The van der Waals surface area contributed by atoms with Crippen molar-refractivity contribution in [2.75, 3.05) is 12.0 Å². The highest BCUT2D eigenvalue weighted by molar-refractivity contribution is 6.36. The van der Waals surface area contributed by atoms with Crippen LogP contribution in [0, 0.1) is 0 Å². The van der Waals surface area contributed by atoms with Gasteiger partial charge in [-0.05, 0) is 25.1 Å². The Kier molecular flexibility index (Phi) is 4.89. The molecule has 0 unspecified atom stereocenters. The zero-order valence-corrected chi connectivity index (χ0v) is 12.2. The van der Waals surface area contributed by atoms with Gasteiger partial charge in [0.1, 0.15) is 5.02 Å². The number of nitrogens with zero attached hydrogens (tertiary/aromatic N) is 1. The van der Waals surface area contributed by atoms with Crippen LogP contribution in [0.1, 0.15) is 6.92 Å². The Morgan fingerprint density at radius 2 is 1.90 bits per heavy atom. The monoisotopic (exact) mass is 313 g/mol. The van der Waals surface area contributed by atoms with Crippen LogP contribution >= 0.6 is 23.2 Å². The van der Waals surface area contributed by atoms with Crippen LogP contribution in [0.2, 0.25) is 10.0 Å². The fourth-order valence-corrected chi connectivity index (χ4v) is 1.99. The van der Waals surface area contributed by atoms with Crippen molar-refractivity contribution in [1.29, 1.82) is 0 Å². The smallest absolute Gasteiger partial charge is 0.240 e. The molecule has 1 heterocycles. The number of halogens is 2. The summed E-state index contributed by atoms with van der Waals surface area (Å²) in [6.45, 7) is 2.42. The molecule has 0 aliphatic carbocycles. The Morgan fingerprint density at radius 3 is 2.55 bits per heavy atom. The quantitative estimate of drug-likeness (QED) is 0.648. The topological polar surface area (TPSA) is 69.4 Å². The fourth-order valence-electron chi connectivity index (χ4n) is 1.54. The van der Waals surface area contributed by atoms with Gasteiger partial charge in [0.15, 0.2) is 17.3 Å². The Morgan fingerprint density at radius 1 is 1.20 bits per heavy atom. The van der Waals surface area contributed by atoms with Gasteiger partial charge in [-0.15, -0.1) is 0 Å². The molecule has 0 saturated heterocycles. The van der Waals surface area contributed by atoms with Crippen molar-refractivity contribution in [3.8, 4) is 17.4 Å². The van der Waals surface area contributed by atoms with Crippen LogP contribution in [-0.2, 0) is 0 Å². The molecule has 0 radical (unpaired) electrons. The molecule has 106 valence electrons. The molecule has 3 N–H and O–H groups in total. The molecule has 0 saturated carbocycles. The van der Waals surface area contributed by atoms with Gasteiger partial charge >= 0.3 is 0 Å². The number of hydrogen-bond donors (Lipinski definition) is 2. The van der Waals surface area contributed by atoms with Gasteiger partial charge in [0.25, 0.3) is 0 Å². The number of ether oxygens (including phenoxy) is 2. The summed E-state index contributed by atoms with van der Waals surface area (Å²) in [5, 5.41) is 0.586. The van der Waals surface area contributed by atoms with E-state index in [9.17, 15) is 0 Å². The van der Waals surface area contributed by atoms with Gasteiger partial charge in [0, 0.05) is 0 Å². The molecule has 0 bridgehead atoms. The molecule has 5 nitrogen and oxygen atoms in total. The molecular weight excluding hydrogens is 301 g/mol. The van der Waals surface area contributed by atoms with E-state index in [1.807, 2.05) is 19.1 Å². The van der Waals surface area contributed by atoms with E-state index >= 15 is 0 Å². The number of hydrogen-bond acceptors (Lipinski definition) is 5. The van der Waals surface area contributed by atoms with Gasteiger partial charge in [-0.1, -0.05) is 35.3 Å². The summed E-state index contributed by atoms with van der Waals surface area (Å²) in [5.74, 6) is 6.90. The Hall–Kier alpha value is -1.69. The summed E-state index contributed by atoms with van der Waals surface area (Å²) in [4.78, 5) is 4.11. The normalized spacial score (nSPS) is 10.2. The van der Waals surface area contributed by atoms with Crippen LogP contribution in [0.15, 0.2) is 30.3 Å². The molecular formula is C13H13Cl2N3O2. The molecule has 1 aromatic heterocycles. The van der Waals surface area contributed by atoms with Crippen molar-refractivity contribution in [1.82, 2.24) is 4.98 Å². The minimum atomic E-state index is 0.191. The third-order valence-corrected chi connectivity index (χ3v) is 2.95. The van der Waals surface area contributed by atoms with Crippen LogP contribution in [0.25, 0.3) is 0 Å². The second-order valence-electron chi connectivity index (χ2n) is 3.73. The minimum absolute atomic E-state index is 0.191. The van der Waals surface area contributed by atoms with E-state index in [-0.39, 0.29) is 16.7 Å². The van der Waals surface area contributed by atoms with Crippen LogP contribution in [0.5, 0.6) is 17.4 Å². The van der Waals surface area contributed by atoms with Gasteiger partial charge in [-0.3, -0.25) is 0 Å². The zero-order chi connectivity index (χ0) is 14.5. The largest absolute Gasteiger partial charge is 0.490 e. The molecule has 2 aromatic rings. The first kappa shape index (κ1) is 14.7. The lowest BCUT2D eigenvalue weighted by atomic mass is 10.3. The van der Waals surface area contributed by atoms with Crippen LogP contribution in [0.4, 0.5) is 5.82 Å². The van der Waals surface area contributed by atoms with E-state index in [1.54, 1.807) is 12.1 Å². The molecule has 20 heavy (non-hydrogen) atoms. The number of hydrazine groups is 1. The molecule has 0 fully saturated rings. The highest BCUT2D eigenvalue weighted by Gasteiger charge is 2.13. The predicted octanol–water partition coefficient (Wildman–Crippen LogP) is 3.87. The maximum absolute atomic E-state index is 6.06. The average molecular weight is 314 g/mol. The molecule has 1 aromatic carbocycles. The van der Waals surface area contributed by atoms with Crippen molar-refractivity contribution >= 4 is 29.0 Å². The minimum Gasteiger partial charge on any atom is -0.490 e. The van der Waals surface area contributed by atoms with Crippen LogP contribution < -0.4 is 20.7 Å². The van der Waals surface area contributed by atoms with Crippen molar-refractivity contribution in [2.45, 2.75) is 6.92 Å². The van der Waals surface area contributed by atoms with E-state index in [2.05, 4.69) is 10.4 Å². The first-order valence-electron chi connectivity index (χ1n) is 5.88. The third kappa shape index (κ3) is 3.25. The van der Waals surface area contributed by atoms with E-state index < -0.39 is 0 Å². The molecule has 2 rings (SSSR count). The highest BCUT2D eigenvalue weighted by atomic mass is 35.5. The van der Waals surface area contributed by atoms with Gasteiger partial charge in [0.05, 0.1) is 11.6 Å². The van der Waals surface area contributed by atoms with Gasteiger partial charge in [-0.2, -0.15) is 4.98 Å². The summed E-state index contributed by atoms with van der Waals surface area (Å²) in [7, 11) is 0. The first-order chi connectivity index (χ1) is 9.65. The predicted molar refractivity (Wildman–Crippen MR) is 79.8 cm³/mol. The van der Waals surface area contributed by atoms with E-state index in [4.69, 9.17) is 38.5 Å². The van der Waals surface area contributed by atoms with Gasteiger partial charge in [-0.25, -0.2) is 5.84 Å². The molecule has 0 aliphatic heterocycles. The lowest BCUT2D eigenvalue weighted by Crippen LogP contribution is -2.09. The number of para-hydroxylation sites is 2. The van der Waals surface area contributed by atoms with E-state index in [1.165, 1.54) is 6.07 Å². The van der Waals surface area contributed by atoms with Crippen LogP contribution in [0.3, 0.4) is 0 Å². The molecule has 0 aliphatic rings. The summed E-state index contributed by atoms with van der Waals surface area (Å²) in [6.07, 6.45) is 0. The number of rotatable bonds is 5. The number of anilines is 1. The number of nitrogens with two attached hydrogens (primary N) is 1. The number of nitrogens with one attached hydrogen (secondary N) is 1. The van der Waals surface area contributed by atoms with Crippen molar-refractivity contribution in [2.24, 2.45) is 5.84 Å². The van der Waals surface area contributed by atoms with Crippen molar-refractivity contribution < 1.29 is 9.47 Å². The Labute approximate surface area is 126 Å². The molecule has 0 spiro atoms. The van der Waals surface area contributed by atoms with E-state index in [0.717, 1.165) is 0 Å². The van der Waals surface area contributed by atoms with Crippen molar-refractivity contribution in [3.05, 3.63) is 40.4 Å². The second kappa shape index (κ2) is 6.65. The maximum atomic E-state index is 6.06. The lowest BCUT2D eigenvalue weighted by Gasteiger charge is -2.12. The van der Waals surface area contributed by atoms with Crippen LogP contribution in [-0.4, -0.2) is 11.6 Å². The number of aromatic nitrogens is 1. The Balaban J connectivity index is 2.35. The lowest BCUT2D eigenvalue weighted by molar-refractivity contribution is 0.319. The van der Waals surface area contributed by atoms with E-state index in [0.29, 0.717) is 23.1 Å². The average Bonchev–Trinajstić information content (AvgIpc) is 2.44. The Bertz CT molecular complexity index is 608. The zero-order valence-electron chi connectivity index (χ0n) is 10.7. The van der Waals surface area contributed by atoms with Gasteiger partial charge in [0.2, 0.25) is 5.88 Å². The first-order valence-corrected chi connectivity index (χ1v) is 6.63. The molecule has 0 amide bonds. The SMILES string of the molecule is CCOc1ccccc1Oc1nc(NN)c(Cl)cc1Cl. The standard InChI is InChI=1S/C13H13Cl2N3O2/c1-2-19-10-5-3-4-6-11(10)20-13-9(15)7-8(14)12(17-13)18-16/h3-7H,2,16H2,1H3,(H,17,18). The fraction of sp³-hybridized carbons (Fsp3) is 0.154. The molecule has 7 heteroatoms. The van der Waals surface area contributed by atoms with Gasteiger partial charge < -0.3 is 14.9 Å². The highest BCUT2D eigenvalue weighted by Crippen LogP contribution is 2.36. The molecule has 0 atom stereocenters. The maximum Gasteiger partial charge on any atom is 0.240 e. The number of pyridine rings is 1. The summed E-state index contributed by atoms with van der Waals surface area (Å²) in [5.41, 5.74) is 2.38. The summed E-state index contributed by atoms with van der Waals surface area (Å²) >= 11 is 12.0. The second-order valence-corrected chi connectivity index (χ2v) is 4.55. The summed E-state index contributed by atoms with van der Waals surface area (Å²) < 4.78 is 11.1.